The van der Waals surface area contributed by atoms with Gasteiger partial charge in [0, 0.05) is 5.56 Å². The Bertz CT molecular complexity index is 575. The lowest BCUT2D eigenvalue weighted by Crippen LogP contribution is -2.13. The van der Waals surface area contributed by atoms with Crippen molar-refractivity contribution in [2.45, 2.75) is 20.3 Å². The zero-order valence-electron chi connectivity index (χ0n) is 10.3. The highest BCUT2D eigenvalue weighted by Crippen LogP contribution is 2.20. The van der Waals surface area contributed by atoms with Crippen LogP contribution in [0.3, 0.4) is 0 Å². The number of phenols is 1. The number of phenolic OH excluding ortho intramolecular Hbond substituents is 1. The quantitative estimate of drug-likeness (QED) is 0.776. The number of carbonyl (C=O) groups is 1. The molecule has 0 fully saturated rings. The van der Waals surface area contributed by atoms with Gasteiger partial charge in [-0.25, -0.2) is 0 Å². The first-order valence-corrected chi connectivity index (χ1v) is 5.75. The van der Waals surface area contributed by atoms with Crippen LogP contribution in [0.15, 0.2) is 24.4 Å². The molecule has 0 atom stereocenters. The van der Waals surface area contributed by atoms with Crippen LogP contribution in [0.25, 0.3) is 0 Å². The minimum atomic E-state index is -0.352. The summed E-state index contributed by atoms with van der Waals surface area (Å²) in [6.45, 7) is 3.84. The normalized spacial score (nSPS) is 10.3. The maximum Gasteiger partial charge on any atom is 0.260 e. The fourth-order valence-electron chi connectivity index (χ4n) is 1.70. The van der Waals surface area contributed by atoms with Gasteiger partial charge >= 0.3 is 0 Å². The van der Waals surface area contributed by atoms with Gasteiger partial charge in [-0.3, -0.25) is 9.89 Å². The third-order valence-electron chi connectivity index (χ3n) is 2.73. The van der Waals surface area contributed by atoms with Crippen molar-refractivity contribution in [3.05, 3.63) is 41.1 Å². The molecule has 0 saturated heterocycles. The predicted octanol–water partition coefficient (Wildman–Crippen LogP) is 2.24. The van der Waals surface area contributed by atoms with Crippen molar-refractivity contribution in [2.24, 2.45) is 0 Å². The number of nitrogens with one attached hydrogen (secondary N) is 2. The third kappa shape index (κ3) is 2.34. The topological polar surface area (TPSA) is 78.0 Å². The maximum atomic E-state index is 12.0. The smallest absolute Gasteiger partial charge is 0.260 e. The molecule has 0 aliphatic rings. The number of amides is 1. The van der Waals surface area contributed by atoms with Gasteiger partial charge in [0.15, 0.2) is 0 Å². The molecule has 3 N–H and O–H groups in total. The molecule has 1 amide bonds. The largest absolute Gasteiger partial charge is 0.507 e. The lowest BCUT2D eigenvalue weighted by Gasteiger charge is -2.07. The fraction of sp³-hybridized carbons (Fsp3) is 0.231. The number of carbonyl (C=O) groups excluding carboxylic acids is 1. The number of aromatic amines is 1. The molecule has 0 aliphatic heterocycles. The Morgan fingerprint density at radius 2 is 2.28 bits per heavy atom. The number of hydrogen-bond acceptors (Lipinski definition) is 3. The van der Waals surface area contributed by atoms with Gasteiger partial charge in [0.1, 0.15) is 11.6 Å². The van der Waals surface area contributed by atoms with Crippen molar-refractivity contribution < 1.29 is 9.90 Å². The second kappa shape index (κ2) is 4.91. The van der Waals surface area contributed by atoms with Crippen molar-refractivity contribution in [3.63, 3.8) is 0 Å². The SMILES string of the molecule is CCc1cn[nH]c1NC(=O)c1cc(C)ccc1O. The summed E-state index contributed by atoms with van der Waals surface area (Å²) in [5, 5.41) is 19.0. The monoisotopic (exact) mass is 245 g/mol. The first-order chi connectivity index (χ1) is 8.61. The summed E-state index contributed by atoms with van der Waals surface area (Å²) in [7, 11) is 0. The van der Waals surface area contributed by atoms with E-state index >= 15 is 0 Å². The van der Waals surface area contributed by atoms with Crippen molar-refractivity contribution >= 4 is 11.7 Å². The minimum absolute atomic E-state index is 0.0318. The molecule has 0 aliphatic carbocycles. The van der Waals surface area contributed by atoms with E-state index in [4.69, 9.17) is 0 Å². The summed E-state index contributed by atoms with van der Waals surface area (Å²) < 4.78 is 0. The van der Waals surface area contributed by atoms with Crippen molar-refractivity contribution in [1.29, 1.82) is 0 Å². The molecule has 1 heterocycles. The zero-order chi connectivity index (χ0) is 13.1. The summed E-state index contributed by atoms with van der Waals surface area (Å²) in [5.41, 5.74) is 2.10. The molecule has 2 aromatic rings. The average Bonchev–Trinajstić information content (AvgIpc) is 2.79. The maximum absolute atomic E-state index is 12.0. The Morgan fingerprint density at radius 3 is 3.00 bits per heavy atom. The molecule has 0 radical (unpaired) electrons. The molecule has 18 heavy (non-hydrogen) atoms. The van der Waals surface area contributed by atoms with Crippen LogP contribution in [-0.4, -0.2) is 21.2 Å². The highest BCUT2D eigenvalue weighted by Gasteiger charge is 2.13. The van der Waals surface area contributed by atoms with Crippen LogP contribution in [-0.2, 0) is 6.42 Å². The number of H-pyrrole nitrogens is 1. The summed E-state index contributed by atoms with van der Waals surface area (Å²) in [6.07, 6.45) is 2.44. The van der Waals surface area contributed by atoms with Crippen LogP contribution in [0.1, 0.15) is 28.4 Å². The van der Waals surface area contributed by atoms with E-state index < -0.39 is 0 Å². The molecule has 5 nitrogen and oxygen atoms in total. The second-order valence-corrected chi connectivity index (χ2v) is 4.10. The van der Waals surface area contributed by atoms with Crippen LogP contribution in [0.2, 0.25) is 0 Å². The number of nitrogens with zero attached hydrogens (tertiary/aromatic N) is 1. The standard InChI is InChI=1S/C13H15N3O2/c1-3-9-7-14-16-12(9)15-13(18)10-6-8(2)4-5-11(10)17/h4-7,17H,3H2,1-2H3,(H2,14,15,16,18). The lowest BCUT2D eigenvalue weighted by atomic mass is 10.1. The van der Waals surface area contributed by atoms with Gasteiger partial charge in [0.25, 0.3) is 5.91 Å². The first kappa shape index (κ1) is 12.2. The van der Waals surface area contributed by atoms with Crippen LogP contribution in [0.4, 0.5) is 5.82 Å². The van der Waals surface area contributed by atoms with E-state index in [-0.39, 0.29) is 17.2 Å². The Kier molecular flexibility index (Phi) is 3.32. The van der Waals surface area contributed by atoms with Gasteiger partial charge in [0.2, 0.25) is 0 Å². The average molecular weight is 245 g/mol. The van der Waals surface area contributed by atoms with E-state index in [0.717, 1.165) is 17.5 Å². The molecule has 5 heteroatoms. The number of hydrogen-bond donors (Lipinski definition) is 3. The molecule has 1 aromatic heterocycles. The Hall–Kier alpha value is -2.30. The number of anilines is 1. The van der Waals surface area contributed by atoms with Gasteiger partial charge in [-0.05, 0) is 25.5 Å². The molecular weight excluding hydrogens is 230 g/mol. The second-order valence-electron chi connectivity index (χ2n) is 4.10. The van der Waals surface area contributed by atoms with E-state index in [1.807, 2.05) is 13.8 Å². The molecular formula is C13H15N3O2. The van der Waals surface area contributed by atoms with Crippen molar-refractivity contribution in [3.8, 4) is 5.75 Å². The lowest BCUT2D eigenvalue weighted by molar-refractivity contribution is 0.102. The summed E-state index contributed by atoms with van der Waals surface area (Å²) in [5.74, 6) is 0.189. The van der Waals surface area contributed by atoms with Crippen LogP contribution in [0, 0.1) is 6.92 Å². The Morgan fingerprint density at radius 1 is 1.50 bits per heavy atom. The zero-order valence-corrected chi connectivity index (χ0v) is 10.3. The molecule has 1 aromatic carbocycles. The summed E-state index contributed by atoms with van der Waals surface area (Å²) in [4.78, 5) is 12.0. The number of aromatic nitrogens is 2. The first-order valence-electron chi connectivity index (χ1n) is 5.75. The van der Waals surface area contributed by atoms with Gasteiger partial charge in [-0.1, -0.05) is 18.6 Å². The molecule has 0 bridgehead atoms. The fourth-order valence-corrected chi connectivity index (χ4v) is 1.70. The molecule has 2 rings (SSSR count). The van der Waals surface area contributed by atoms with E-state index in [0.29, 0.717) is 5.82 Å². The number of rotatable bonds is 3. The number of aromatic hydroxyl groups is 1. The van der Waals surface area contributed by atoms with Crippen molar-refractivity contribution in [2.75, 3.05) is 5.32 Å². The molecule has 0 spiro atoms. The summed E-state index contributed by atoms with van der Waals surface area (Å²) in [6, 6.07) is 4.91. The van der Waals surface area contributed by atoms with Crippen molar-refractivity contribution in [1.82, 2.24) is 10.2 Å². The number of benzene rings is 1. The molecule has 0 unspecified atom stereocenters. The van der Waals surface area contributed by atoms with Gasteiger partial charge in [-0.15, -0.1) is 0 Å². The van der Waals surface area contributed by atoms with Crippen LogP contribution in [0.5, 0.6) is 5.75 Å². The summed E-state index contributed by atoms with van der Waals surface area (Å²) >= 11 is 0. The van der Waals surface area contributed by atoms with Crippen LogP contribution < -0.4 is 5.32 Å². The Balaban J connectivity index is 2.25. The molecule has 0 saturated carbocycles. The Labute approximate surface area is 105 Å². The molecule has 94 valence electrons. The highest BCUT2D eigenvalue weighted by molar-refractivity contribution is 6.06. The van der Waals surface area contributed by atoms with Gasteiger partial charge in [0.05, 0.1) is 11.8 Å². The van der Waals surface area contributed by atoms with E-state index in [2.05, 4.69) is 15.5 Å². The van der Waals surface area contributed by atoms with Gasteiger partial charge < -0.3 is 10.4 Å². The predicted molar refractivity (Wildman–Crippen MR) is 68.8 cm³/mol. The van der Waals surface area contributed by atoms with Crippen LogP contribution >= 0.6 is 0 Å². The van der Waals surface area contributed by atoms with E-state index in [9.17, 15) is 9.90 Å². The highest BCUT2D eigenvalue weighted by atomic mass is 16.3. The number of aryl methyl sites for hydroxylation is 2. The van der Waals surface area contributed by atoms with E-state index in [1.54, 1.807) is 18.3 Å². The third-order valence-corrected chi connectivity index (χ3v) is 2.73. The van der Waals surface area contributed by atoms with E-state index in [1.165, 1.54) is 6.07 Å². The minimum Gasteiger partial charge on any atom is -0.507 e. The van der Waals surface area contributed by atoms with Gasteiger partial charge in [-0.2, -0.15) is 5.10 Å².